The fourth-order valence-corrected chi connectivity index (χ4v) is 6.59. The van der Waals surface area contributed by atoms with E-state index in [4.69, 9.17) is 9.47 Å². The first-order chi connectivity index (χ1) is 20.0. The fraction of sp³-hybridized carbons (Fsp3) is 0.400. The number of ketones is 1. The minimum atomic E-state index is 0.0469. The van der Waals surface area contributed by atoms with Gasteiger partial charge in [0.1, 0.15) is 5.75 Å². The summed E-state index contributed by atoms with van der Waals surface area (Å²) in [6.07, 6.45) is 6.96. The van der Waals surface area contributed by atoms with E-state index in [9.17, 15) is 9.90 Å². The fourth-order valence-electron chi connectivity index (χ4n) is 6.59. The van der Waals surface area contributed by atoms with Gasteiger partial charge in [0, 0.05) is 35.3 Å². The van der Waals surface area contributed by atoms with Gasteiger partial charge in [-0.2, -0.15) is 0 Å². The van der Waals surface area contributed by atoms with Crippen LogP contribution in [-0.4, -0.2) is 42.6 Å². The normalized spacial score (nSPS) is 19.6. The molecule has 0 saturated carbocycles. The highest BCUT2D eigenvalue weighted by Gasteiger charge is 2.34. The van der Waals surface area contributed by atoms with Crippen LogP contribution in [0.2, 0.25) is 0 Å². The van der Waals surface area contributed by atoms with Crippen molar-refractivity contribution in [2.24, 2.45) is 17.8 Å². The number of anilines is 1. The first-order valence-electron chi connectivity index (χ1n) is 14.9. The molecule has 1 saturated heterocycles. The molecule has 0 amide bonds. The highest BCUT2D eigenvalue weighted by molar-refractivity contribution is 6.02. The molecule has 2 unspecified atom stereocenters. The number of carbonyl (C=O) groups excluding carboxylic acids is 1. The van der Waals surface area contributed by atoms with Crippen LogP contribution in [-0.2, 0) is 19.4 Å². The van der Waals surface area contributed by atoms with E-state index in [0.29, 0.717) is 24.0 Å². The van der Waals surface area contributed by atoms with E-state index >= 15 is 0 Å². The average Bonchev–Trinajstić information content (AvgIpc) is 3.30. The number of methoxy groups -OCH3 is 1. The van der Waals surface area contributed by atoms with E-state index in [0.717, 1.165) is 79.8 Å². The predicted octanol–water partition coefficient (Wildman–Crippen LogP) is 6.63. The lowest BCUT2D eigenvalue weighted by molar-refractivity contribution is 0.0895. The Balaban J connectivity index is 1.04. The van der Waals surface area contributed by atoms with Gasteiger partial charge in [-0.15, -0.1) is 0 Å². The van der Waals surface area contributed by atoms with Crippen molar-refractivity contribution in [1.82, 2.24) is 4.90 Å². The van der Waals surface area contributed by atoms with E-state index in [1.165, 1.54) is 5.56 Å². The van der Waals surface area contributed by atoms with Crippen molar-refractivity contribution in [3.8, 4) is 17.2 Å². The zero-order chi connectivity index (χ0) is 28.3. The van der Waals surface area contributed by atoms with Gasteiger partial charge in [-0.1, -0.05) is 43.3 Å². The van der Waals surface area contributed by atoms with Crippen LogP contribution in [0.1, 0.15) is 53.2 Å². The zero-order valence-corrected chi connectivity index (χ0v) is 24.1. The Hall–Kier alpha value is -3.77. The van der Waals surface area contributed by atoms with Crippen LogP contribution >= 0.6 is 0 Å². The number of nitrogens with zero attached hydrogens (tertiary/aromatic N) is 1. The molecule has 3 aromatic carbocycles. The molecule has 2 aliphatic heterocycles. The van der Waals surface area contributed by atoms with Crippen molar-refractivity contribution in [2.45, 2.75) is 45.6 Å². The second kappa shape index (κ2) is 12.0. The monoisotopic (exact) mass is 552 g/mol. The largest absolute Gasteiger partial charge is 0.508 e. The Kier molecular flexibility index (Phi) is 8.02. The Morgan fingerprint density at radius 1 is 1.02 bits per heavy atom. The van der Waals surface area contributed by atoms with Gasteiger partial charge in [-0.25, -0.2) is 0 Å². The molecular formula is C35H40N2O4. The minimum Gasteiger partial charge on any atom is -0.508 e. The Morgan fingerprint density at radius 3 is 2.61 bits per heavy atom. The number of nitrogens with one attached hydrogen (secondary N) is 1. The minimum absolute atomic E-state index is 0.0469. The van der Waals surface area contributed by atoms with Gasteiger partial charge in [0.2, 0.25) is 0 Å². The second-order valence-corrected chi connectivity index (χ2v) is 11.9. The molecule has 0 aromatic heterocycles. The van der Waals surface area contributed by atoms with Gasteiger partial charge in [0.15, 0.2) is 17.3 Å². The first-order valence-corrected chi connectivity index (χ1v) is 14.9. The summed E-state index contributed by atoms with van der Waals surface area (Å²) >= 11 is 0. The molecule has 3 aliphatic rings. The highest BCUT2D eigenvalue weighted by Crippen LogP contribution is 2.40. The van der Waals surface area contributed by atoms with Gasteiger partial charge in [0.05, 0.1) is 13.7 Å². The Bertz CT molecular complexity index is 1430. The molecule has 3 aromatic rings. The summed E-state index contributed by atoms with van der Waals surface area (Å²) in [5.41, 5.74) is 6.42. The molecule has 0 spiro atoms. The topological polar surface area (TPSA) is 71.0 Å². The van der Waals surface area contributed by atoms with Crippen molar-refractivity contribution in [3.05, 3.63) is 94.7 Å². The lowest BCUT2D eigenvalue weighted by Crippen LogP contribution is -2.34. The first kappa shape index (κ1) is 27.4. The zero-order valence-electron chi connectivity index (χ0n) is 24.1. The summed E-state index contributed by atoms with van der Waals surface area (Å²) in [5.74, 6) is 2.60. The number of allylic oxidation sites excluding steroid dienone is 1. The van der Waals surface area contributed by atoms with Gasteiger partial charge < -0.3 is 19.9 Å². The molecule has 0 radical (unpaired) electrons. The van der Waals surface area contributed by atoms with E-state index < -0.39 is 0 Å². The van der Waals surface area contributed by atoms with Crippen LogP contribution in [0.15, 0.2) is 72.4 Å². The number of carbonyl (C=O) groups is 1. The maximum absolute atomic E-state index is 13.5. The van der Waals surface area contributed by atoms with Crippen molar-refractivity contribution in [1.29, 1.82) is 0 Å². The third kappa shape index (κ3) is 6.13. The lowest BCUT2D eigenvalue weighted by atomic mass is 9.85. The molecule has 2 atom stereocenters. The number of ether oxygens (including phenoxy) is 2. The number of aromatic hydroxyl groups is 1. The average molecular weight is 553 g/mol. The molecule has 214 valence electrons. The maximum atomic E-state index is 13.5. The van der Waals surface area contributed by atoms with Crippen LogP contribution in [0.25, 0.3) is 0 Å². The van der Waals surface area contributed by atoms with Crippen LogP contribution in [0.3, 0.4) is 0 Å². The van der Waals surface area contributed by atoms with Gasteiger partial charge in [-0.3, -0.25) is 9.69 Å². The molecule has 2 heterocycles. The molecule has 1 aliphatic carbocycles. The van der Waals surface area contributed by atoms with Crippen molar-refractivity contribution in [3.63, 3.8) is 0 Å². The Labute approximate surface area is 243 Å². The summed E-state index contributed by atoms with van der Waals surface area (Å²) < 4.78 is 12.0. The number of hydrogen-bond acceptors (Lipinski definition) is 6. The quantitative estimate of drug-likeness (QED) is 0.291. The van der Waals surface area contributed by atoms with Crippen molar-refractivity contribution >= 4 is 11.5 Å². The number of likely N-dealkylation sites (tertiary alicyclic amines) is 1. The summed E-state index contributed by atoms with van der Waals surface area (Å²) in [6, 6.07) is 20.0. The smallest absolute Gasteiger partial charge is 0.166 e. The Morgan fingerprint density at radius 2 is 1.83 bits per heavy atom. The van der Waals surface area contributed by atoms with E-state index in [1.54, 1.807) is 19.2 Å². The van der Waals surface area contributed by atoms with Crippen molar-refractivity contribution in [2.75, 3.05) is 32.1 Å². The SMILES string of the molecule is COc1cc2c(cc1OCC(C)C1=CCc3cc(O)ccc3N1)C(=O)C(CC1CCN(Cc3ccccc3)CC1)C2. The highest BCUT2D eigenvalue weighted by atomic mass is 16.5. The van der Waals surface area contributed by atoms with E-state index in [2.05, 4.69) is 53.5 Å². The number of piperidine rings is 1. The number of Topliss-reactive ketones (excluding diaryl/α,β-unsaturated/α-hetero) is 1. The molecule has 1 fully saturated rings. The third-order valence-electron chi connectivity index (χ3n) is 9.00. The number of rotatable bonds is 9. The lowest BCUT2D eigenvalue weighted by Gasteiger charge is -2.32. The van der Waals surface area contributed by atoms with Crippen molar-refractivity contribution < 1.29 is 19.4 Å². The second-order valence-electron chi connectivity index (χ2n) is 11.9. The molecule has 41 heavy (non-hydrogen) atoms. The van der Waals surface area contributed by atoms with Gasteiger partial charge in [0.25, 0.3) is 0 Å². The number of phenols is 1. The molecule has 6 heteroatoms. The van der Waals surface area contributed by atoms with Gasteiger partial charge >= 0.3 is 0 Å². The molecule has 2 N–H and O–H groups in total. The summed E-state index contributed by atoms with van der Waals surface area (Å²) in [7, 11) is 1.66. The number of fused-ring (bicyclic) bond motifs is 2. The summed E-state index contributed by atoms with van der Waals surface area (Å²) in [5, 5.41) is 13.2. The van der Waals surface area contributed by atoms with Crippen LogP contribution in [0.4, 0.5) is 5.69 Å². The third-order valence-corrected chi connectivity index (χ3v) is 9.00. The molecule has 6 rings (SSSR count). The van der Waals surface area contributed by atoms with Crippen LogP contribution in [0, 0.1) is 17.8 Å². The van der Waals surface area contributed by atoms with Crippen LogP contribution in [0.5, 0.6) is 17.2 Å². The summed E-state index contributed by atoms with van der Waals surface area (Å²) in [4.78, 5) is 16.0. The summed E-state index contributed by atoms with van der Waals surface area (Å²) in [6.45, 7) is 5.78. The van der Waals surface area contributed by atoms with E-state index in [-0.39, 0.29) is 23.4 Å². The number of benzene rings is 3. The molecular weight excluding hydrogens is 512 g/mol. The standard InChI is InChI=1S/C35H40N2O4/c1-23(31-10-8-26-18-29(38)9-11-32(26)36-31)22-41-34-20-30-27(19-33(34)40-2)17-28(35(30)39)16-24-12-14-37(15-13-24)21-25-6-4-3-5-7-25/h3-7,9-11,18-20,23-24,28,36,38H,8,12-17,21-22H2,1-2H3. The number of hydrogen-bond donors (Lipinski definition) is 2. The predicted molar refractivity (Wildman–Crippen MR) is 162 cm³/mol. The molecule has 0 bridgehead atoms. The van der Waals surface area contributed by atoms with Gasteiger partial charge in [-0.05, 0) is 98.1 Å². The molecule has 6 nitrogen and oxygen atoms in total. The number of phenolic OH excluding ortho intramolecular Hbond substituents is 1. The van der Waals surface area contributed by atoms with Crippen LogP contribution < -0.4 is 14.8 Å². The maximum Gasteiger partial charge on any atom is 0.166 e. The van der Waals surface area contributed by atoms with E-state index in [1.807, 2.05) is 18.2 Å².